The minimum Gasteiger partial charge on any atom is -0.369 e. The predicted molar refractivity (Wildman–Crippen MR) is 83.2 cm³/mol. The van der Waals surface area contributed by atoms with Crippen LogP contribution in [0.15, 0.2) is 24.5 Å². The maximum atomic E-state index is 11.8. The Morgan fingerprint density at radius 1 is 1.57 bits per heavy atom. The van der Waals surface area contributed by atoms with Crippen molar-refractivity contribution in [2.24, 2.45) is 5.73 Å². The molecule has 0 radical (unpaired) electrons. The highest BCUT2D eigenvalue weighted by Gasteiger charge is 2.26. The highest BCUT2D eigenvalue weighted by molar-refractivity contribution is 5.89. The van der Waals surface area contributed by atoms with E-state index >= 15 is 0 Å². The molecule has 3 heterocycles. The minimum absolute atomic E-state index is 0.0367. The summed E-state index contributed by atoms with van der Waals surface area (Å²) in [6.45, 7) is 1.64. The Balaban J connectivity index is 1.83. The summed E-state index contributed by atoms with van der Waals surface area (Å²) in [7, 11) is 2.09. The number of carbonyl (C=O) groups excluding carboxylic acids is 1. The van der Waals surface area contributed by atoms with Crippen molar-refractivity contribution in [3.05, 3.63) is 24.5 Å². The summed E-state index contributed by atoms with van der Waals surface area (Å²) in [5.41, 5.74) is 7.52. The molecular formula is C15H21N5O. The Labute approximate surface area is 123 Å². The molecule has 0 aliphatic carbocycles. The Morgan fingerprint density at radius 3 is 3.24 bits per heavy atom. The van der Waals surface area contributed by atoms with Gasteiger partial charge in [-0.25, -0.2) is 4.98 Å². The number of piperidine rings is 1. The molecule has 0 unspecified atom stereocenters. The quantitative estimate of drug-likeness (QED) is 0.881. The zero-order valence-electron chi connectivity index (χ0n) is 12.2. The molecule has 112 valence electrons. The smallest absolute Gasteiger partial charge is 0.236 e. The molecule has 21 heavy (non-hydrogen) atoms. The third-order valence-corrected chi connectivity index (χ3v) is 4.29. The number of fused-ring (bicyclic) bond motifs is 1. The number of nitrogens with two attached hydrogens (primary N) is 1. The molecular weight excluding hydrogens is 266 g/mol. The summed E-state index contributed by atoms with van der Waals surface area (Å²) < 4.78 is 0. The van der Waals surface area contributed by atoms with Crippen LogP contribution in [-0.2, 0) is 4.79 Å². The summed E-state index contributed by atoms with van der Waals surface area (Å²) in [6.07, 6.45) is 5.82. The van der Waals surface area contributed by atoms with E-state index < -0.39 is 0 Å². The number of carbonyl (C=O) groups is 1. The van der Waals surface area contributed by atoms with Crippen LogP contribution >= 0.6 is 0 Å². The molecule has 2 aromatic heterocycles. The van der Waals surface area contributed by atoms with Crippen LogP contribution in [0.2, 0.25) is 0 Å². The van der Waals surface area contributed by atoms with Crippen molar-refractivity contribution >= 4 is 22.6 Å². The molecule has 3 N–H and O–H groups in total. The zero-order valence-corrected chi connectivity index (χ0v) is 12.2. The lowest BCUT2D eigenvalue weighted by atomic mass is 10.0. The predicted octanol–water partition coefficient (Wildman–Crippen LogP) is 0.949. The molecule has 6 nitrogen and oxygen atoms in total. The van der Waals surface area contributed by atoms with Crippen LogP contribution in [-0.4, -0.2) is 53.5 Å². The fourth-order valence-corrected chi connectivity index (χ4v) is 3.08. The average Bonchev–Trinajstić information content (AvgIpc) is 3.02. The standard InChI is InChI=1S/C15H21N5O/c1-19(11-3-2-8-20(10-11)14(21)9-16)13-5-7-18-15-12(13)4-6-17-15/h4-7,11H,2-3,8-10,16H2,1H3,(H,17,18)/t11-/m1/s1. The molecule has 2 aromatic rings. The fourth-order valence-electron chi connectivity index (χ4n) is 3.08. The van der Waals surface area contributed by atoms with Crippen molar-refractivity contribution in [1.29, 1.82) is 0 Å². The largest absolute Gasteiger partial charge is 0.369 e. The molecule has 3 rings (SSSR count). The minimum atomic E-state index is 0.0367. The normalized spacial score (nSPS) is 19.0. The summed E-state index contributed by atoms with van der Waals surface area (Å²) in [6, 6.07) is 4.38. The summed E-state index contributed by atoms with van der Waals surface area (Å²) >= 11 is 0. The van der Waals surface area contributed by atoms with Gasteiger partial charge >= 0.3 is 0 Å². The second-order valence-corrected chi connectivity index (χ2v) is 5.52. The van der Waals surface area contributed by atoms with Crippen LogP contribution in [0.25, 0.3) is 11.0 Å². The van der Waals surface area contributed by atoms with Gasteiger partial charge < -0.3 is 20.5 Å². The molecule has 1 aliphatic rings. The molecule has 1 atom stereocenters. The maximum Gasteiger partial charge on any atom is 0.236 e. The molecule has 0 bridgehead atoms. The van der Waals surface area contributed by atoms with Gasteiger partial charge in [-0.15, -0.1) is 0 Å². The van der Waals surface area contributed by atoms with Gasteiger partial charge in [0.2, 0.25) is 5.91 Å². The van der Waals surface area contributed by atoms with Gasteiger partial charge in [-0.2, -0.15) is 0 Å². The molecule has 1 saturated heterocycles. The topological polar surface area (TPSA) is 78.2 Å². The fraction of sp³-hybridized carbons (Fsp3) is 0.467. The van der Waals surface area contributed by atoms with Gasteiger partial charge in [0.05, 0.1) is 6.54 Å². The maximum absolute atomic E-state index is 11.8. The van der Waals surface area contributed by atoms with Crippen LogP contribution in [0.4, 0.5) is 5.69 Å². The van der Waals surface area contributed by atoms with E-state index in [0.29, 0.717) is 6.04 Å². The Hall–Kier alpha value is -2.08. The number of hydrogen-bond donors (Lipinski definition) is 2. The van der Waals surface area contributed by atoms with E-state index in [1.807, 2.05) is 29.4 Å². The van der Waals surface area contributed by atoms with Gasteiger partial charge in [0, 0.05) is 49.6 Å². The number of H-pyrrole nitrogens is 1. The molecule has 1 amide bonds. The lowest BCUT2D eigenvalue weighted by Crippen LogP contribution is -2.50. The van der Waals surface area contributed by atoms with Crippen LogP contribution in [0.1, 0.15) is 12.8 Å². The Morgan fingerprint density at radius 2 is 2.43 bits per heavy atom. The Bertz CT molecular complexity index is 638. The van der Waals surface area contributed by atoms with E-state index in [4.69, 9.17) is 5.73 Å². The molecule has 0 saturated carbocycles. The van der Waals surface area contributed by atoms with Crippen LogP contribution < -0.4 is 10.6 Å². The van der Waals surface area contributed by atoms with Crippen molar-refractivity contribution in [3.8, 4) is 0 Å². The Kier molecular flexibility index (Phi) is 3.79. The number of aromatic amines is 1. The van der Waals surface area contributed by atoms with Gasteiger partial charge in [-0.05, 0) is 25.0 Å². The molecule has 6 heteroatoms. The summed E-state index contributed by atoms with van der Waals surface area (Å²) in [5, 5.41) is 1.11. The van der Waals surface area contributed by atoms with E-state index in [2.05, 4.69) is 21.9 Å². The van der Waals surface area contributed by atoms with E-state index in [9.17, 15) is 4.79 Å². The third kappa shape index (κ3) is 2.58. The van der Waals surface area contributed by atoms with Crippen molar-refractivity contribution in [1.82, 2.24) is 14.9 Å². The third-order valence-electron chi connectivity index (χ3n) is 4.29. The summed E-state index contributed by atoms with van der Waals surface area (Å²) in [4.78, 5) is 23.4. The SMILES string of the molecule is CN(c1ccnc2[nH]ccc12)[C@@H]1CCCN(C(=O)CN)C1. The second-order valence-electron chi connectivity index (χ2n) is 5.52. The number of nitrogens with zero attached hydrogens (tertiary/aromatic N) is 3. The first-order chi connectivity index (χ1) is 10.2. The van der Waals surface area contributed by atoms with Gasteiger partial charge in [0.15, 0.2) is 0 Å². The first-order valence-electron chi connectivity index (χ1n) is 7.33. The van der Waals surface area contributed by atoms with Crippen molar-refractivity contribution in [3.63, 3.8) is 0 Å². The lowest BCUT2D eigenvalue weighted by Gasteiger charge is -2.38. The zero-order chi connectivity index (χ0) is 14.8. The van der Waals surface area contributed by atoms with Crippen LogP contribution in [0, 0.1) is 0 Å². The number of anilines is 1. The van der Waals surface area contributed by atoms with Crippen molar-refractivity contribution in [2.45, 2.75) is 18.9 Å². The highest BCUT2D eigenvalue weighted by atomic mass is 16.2. The molecule has 1 aliphatic heterocycles. The van der Waals surface area contributed by atoms with E-state index in [0.717, 1.165) is 42.7 Å². The monoisotopic (exact) mass is 287 g/mol. The van der Waals surface area contributed by atoms with E-state index in [1.165, 1.54) is 0 Å². The molecule has 1 fully saturated rings. The number of nitrogens with one attached hydrogen (secondary N) is 1. The number of amides is 1. The van der Waals surface area contributed by atoms with Gasteiger partial charge in [-0.1, -0.05) is 0 Å². The molecule has 0 spiro atoms. The number of rotatable bonds is 3. The number of hydrogen-bond acceptors (Lipinski definition) is 4. The first-order valence-corrected chi connectivity index (χ1v) is 7.33. The first kappa shape index (κ1) is 13.9. The molecule has 0 aromatic carbocycles. The number of likely N-dealkylation sites (N-methyl/N-ethyl adjacent to an activating group) is 1. The number of aromatic nitrogens is 2. The second kappa shape index (κ2) is 5.73. The van der Waals surface area contributed by atoms with E-state index in [-0.39, 0.29) is 12.5 Å². The van der Waals surface area contributed by atoms with E-state index in [1.54, 1.807) is 0 Å². The van der Waals surface area contributed by atoms with Crippen LogP contribution in [0.3, 0.4) is 0 Å². The highest BCUT2D eigenvalue weighted by Crippen LogP contribution is 2.27. The van der Waals surface area contributed by atoms with Gasteiger partial charge in [0.1, 0.15) is 5.65 Å². The van der Waals surface area contributed by atoms with Gasteiger partial charge in [-0.3, -0.25) is 4.79 Å². The summed E-state index contributed by atoms with van der Waals surface area (Å²) in [5.74, 6) is 0.0367. The number of likely N-dealkylation sites (tertiary alicyclic amines) is 1. The van der Waals surface area contributed by atoms with Crippen molar-refractivity contribution < 1.29 is 4.79 Å². The van der Waals surface area contributed by atoms with Crippen LogP contribution in [0.5, 0.6) is 0 Å². The average molecular weight is 287 g/mol. The lowest BCUT2D eigenvalue weighted by molar-refractivity contribution is -0.130. The number of pyridine rings is 1. The van der Waals surface area contributed by atoms with Gasteiger partial charge in [0.25, 0.3) is 0 Å². The van der Waals surface area contributed by atoms with Crippen molar-refractivity contribution in [2.75, 3.05) is 31.6 Å².